The van der Waals surface area contributed by atoms with E-state index >= 15 is 0 Å². The maximum atomic E-state index is 13.4. The second-order valence-corrected chi connectivity index (χ2v) is 9.76. The first-order valence-electron chi connectivity index (χ1n) is 11.2. The standard InChI is InChI=1S/C25H18F3N7OS2/c26-25(27,28)18-2-1-3-19(12-18)35-22(17-6-10-30-11-7-17)33-34-24(35)38-15-21-32-20(14-37-21)23(36)31-13-16-4-8-29-9-5-16/h1-12,14H,13,15H2,(H,31,36). The fraction of sp³-hybridized carbons (Fsp3) is 0.120. The van der Waals surface area contributed by atoms with Crippen molar-refractivity contribution in [1.29, 1.82) is 0 Å². The van der Waals surface area contributed by atoms with E-state index in [2.05, 4.69) is 30.5 Å². The topological polar surface area (TPSA) is 98.5 Å². The number of aromatic nitrogens is 6. The van der Waals surface area contributed by atoms with Crippen LogP contribution < -0.4 is 5.32 Å². The number of rotatable bonds is 8. The Morgan fingerprint density at radius 2 is 1.74 bits per heavy atom. The summed E-state index contributed by atoms with van der Waals surface area (Å²) in [7, 11) is 0. The highest BCUT2D eigenvalue weighted by atomic mass is 32.2. The number of alkyl halides is 3. The molecule has 0 unspecified atom stereocenters. The summed E-state index contributed by atoms with van der Waals surface area (Å²) in [5.41, 5.74) is 1.35. The van der Waals surface area contributed by atoms with Gasteiger partial charge in [0.2, 0.25) is 0 Å². The number of carbonyl (C=O) groups excluding carboxylic acids is 1. The Balaban J connectivity index is 1.36. The van der Waals surface area contributed by atoms with Gasteiger partial charge in [0, 0.05) is 42.3 Å². The fourth-order valence-electron chi connectivity index (χ4n) is 3.49. The van der Waals surface area contributed by atoms with E-state index in [0.29, 0.717) is 33.8 Å². The molecule has 0 aliphatic heterocycles. The molecule has 4 aromatic heterocycles. The minimum atomic E-state index is -4.50. The van der Waals surface area contributed by atoms with Crippen molar-refractivity contribution in [2.75, 3.05) is 0 Å². The van der Waals surface area contributed by atoms with Gasteiger partial charge in [-0.1, -0.05) is 17.8 Å². The van der Waals surface area contributed by atoms with E-state index in [0.717, 1.165) is 17.7 Å². The molecule has 4 heterocycles. The number of hydrogen-bond acceptors (Lipinski definition) is 8. The SMILES string of the molecule is O=C(NCc1ccncc1)c1csc(CSc2nnc(-c3ccncc3)n2-c2cccc(C(F)(F)F)c2)n1. The second kappa shape index (κ2) is 11.1. The van der Waals surface area contributed by atoms with Gasteiger partial charge in [0.25, 0.3) is 5.91 Å². The second-order valence-electron chi connectivity index (χ2n) is 7.88. The van der Waals surface area contributed by atoms with Gasteiger partial charge in [0.1, 0.15) is 10.7 Å². The maximum absolute atomic E-state index is 13.4. The average molecular weight is 554 g/mol. The molecule has 1 N–H and O–H groups in total. The summed E-state index contributed by atoms with van der Waals surface area (Å²) in [5.74, 6) is 0.418. The van der Waals surface area contributed by atoms with Crippen molar-refractivity contribution in [1.82, 2.24) is 35.0 Å². The zero-order valence-corrected chi connectivity index (χ0v) is 21.1. The molecule has 0 bridgehead atoms. The third kappa shape index (κ3) is 5.89. The molecule has 192 valence electrons. The predicted molar refractivity (Wildman–Crippen MR) is 137 cm³/mol. The van der Waals surface area contributed by atoms with E-state index in [1.165, 1.54) is 29.2 Å². The van der Waals surface area contributed by atoms with E-state index in [4.69, 9.17) is 0 Å². The van der Waals surface area contributed by atoms with Gasteiger partial charge >= 0.3 is 6.18 Å². The summed E-state index contributed by atoms with van der Waals surface area (Å²) in [4.78, 5) is 24.9. The Morgan fingerprint density at radius 3 is 2.47 bits per heavy atom. The third-order valence-electron chi connectivity index (χ3n) is 5.32. The number of thioether (sulfide) groups is 1. The van der Waals surface area contributed by atoms with Gasteiger partial charge in [-0.05, 0) is 48.0 Å². The largest absolute Gasteiger partial charge is 0.416 e. The Morgan fingerprint density at radius 1 is 1.00 bits per heavy atom. The Kier molecular flexibility index (Phi) is 7.47. The van der Waals surface area contributed by atoms with Crippen molar-refractivity contribution in [3.63, 3.8) is 0 Å². The molecule has 0 atom stereocenters. The molecule has 0 saturated carbocycles. The van der Waals surface area contributed by atoms with Gasteiger partial charge < -0.3 is 5.32 Å². The molecule has 8 nitrogen and oxygen atoms in total. The summed E-state index contributed by atoms with van der Waals surface area (Å²) in [6, 6.07) is 12.0. The van der Waals surface area contributed by atoms with Crippen molar-refractivity contribution in [2.24, 2.45) is 0 Å². The lowest BCUT2D eigenvalue weighted by Crippen LogP contribution is -2.23. The molecular weight excluding hydrogens is 535 g/mol. The molecule has 0 aliphatic rings. The van der Waals surface area contributed by atoms with E-state index in [1.54, 1.807) is 52.9 Å². The minimum Gasteiger partial charge on any atom is -0.347 e. The molecule has 0 fully saturated rings. The van der Waals surface area contributed by atoms with Crippen LogP contribution in [0.2, 0.25) is 0 Å². The zero-order chi connectivity index (χ0) is 26.5. The Labute approximate surface area is 223 Å². The summed E-state index contributed by atoms with van der Waals surface area (Å²) in [6.07, 6.45) is 1.95. The van der Waals surface area contributed by atoms with Crippen LogP contribution in [0.5, 0.6) is 0 Å². The molecule has 5 rings (SSSR count). The van der Waals surface area contributed by atoms with Crippen molar-refractivity contribution < 1.29 is 18.0 Å². The van der Waals surface area contributed by atoms with E-state index in [-0.39, 0.29) is 17.3 Å². The average Bonchev–Trinajstić information content (AvgIpc) is 3.59. The van der Waals surface area contributed by atoms with Crippen molar-refractivity contribution in [3.8, 4) is 17.1 Å². The van der Waals surface area contributed by atoms with E-state index < -0.39 is 11.7 Å². The highest BCUT2D eigenvalue weighted by molar-refractivity contribution is 7.98. The minimum absolute atomic E-state index is 0.273. The smallest absolute Gasteiger partial charge is 0.347 e. The first-order valence-corrected chi connectivity index (χ1v) is 13.0. The third-order valence-corrected chi connectivity index (χ3v) is 7.29. The number of pyridine rings is 2. The van der Waals surface area contributed by atoms with E-state index in [1.807, 2.05) is 12.1 Å². The van der Waals surface area contributed by atoms with Crippen LogP contribution in [0.4, 0.5) is 13.2 Å². The van der Waals surface area contributed by atoms with Gasteiger partial charge in [0.15, 0.2) is 11.0 Å². The zero-order valence-electron chi connectivity index (χ0n) is 19.5. The van der Waals surface area contributed by atoms with Crippen LogP contribution in [0.15, 0.2) is 83.9 Å². The molecule has 0 radical (unpaired) electrons. The maximum Gasteiger partial charge on any atom is 0.416 e. The van der Waals surface area contributed by atoms with Gasteiger partial charge in [0.05, 0.1) is 17.0 Å². The molecule has 13 heteroatoms. The summed E-state index contributed by atoms with van der Waals surface area (Å²) in [5, 5.41) is 14.0. The number of carbonyl (C=O) groups is 1. The van der Waals surface area contributed by atoms with Crippen molar-refractivity contribution in [3.05, 3.63) is 101 Å². The van der Waals surface area contributed by atoms with Crippen LogP contribution in [-0.4, -0.2) is 35.6 Å². The lowest BCUT2D eigenvalue weighted by molar-refractivity contribution is -0.137. The van der Waals surface area contributed by atoms with Crippen molar-refractivity contribution >= 4 is 29.0 Å². The monoisotopic (exact) mass is 553 g/mol. The van der Waals surface area contributed by atoms with Crippen LogP contribution >= 0.6 is 23.1 Å². The Hall–Kier alpha value is -4.10. The summed E-state index contributed by atoms with van der Waals surface area (Å²) < 4.78 is 41.9. The normalized spacial score (nSPS) is 11.4. The number of nitrogens with one attached hydrogen (secondary N) is 1. The lowest BCUT2D eigenvalue weighted by Gasteiger charge is -2.13. The first kappa shape index (κ1) is 25.5. The first-order chi connectivity index (χ1) is 18.4. The number of benzene rings is 1. The molecule has 38 heavy (non-hydrogen) atoms. The molecular formula is C25H18F3N7OS2. The predicted octanol–water partition coefficient (Wildman–Crippen LogP) is 5.42. The van der Waals surface area contributed by atoms with Crippen LogP contribution in [0, 0.1) is 0 Å². The van der Waals surface area contributed by atoms with Gasteiger partial charge in [-0.25, -0.2) is 4.98 Å². The number of amides is 1. The highest BCUT2D eigenvalue weighted by Gasteiger charge is 2.31. The van der Waals surface area contributed by atoms with Crippen LogP contribution in [-0.2, 0) is 18.5 Å². The summed E-state index contributed by atoms with van der Waals surface area (Å²) in [6.45, 7) is 0.348. The summed E-state index contributed by atoms with van der Waals surface area (Å²) >= 11 is 2.57. The molecule has 0 aliphatic carbocycles. The number of thiazole rings is 1. The fourth-order valence-corrected chi connectivity index (χ4v) is 5.23. The molecule has 0 spiro atoms. The molecule has 1 amide bonds. The molecule has 0 saturated heterocycles. The quantitative estimate of drug-likeness (QED) is 0.256. The molecule has 5 aromatic rings. The van der Waals surface area contributed by atoms with Gasteiger partial charge in [-0.2, -0.15) is 13.2 Å². The highest BCUT2D eigenvalue weighted by Crippen LogP contribution is 2.34. The van der Waals surface area contributed by atoms with Crippen LogP contribution in [0.1, 0.15) is 26.6 Å². The van der Waals surface area contributed by atoms with Crippen LogP contribution in [0.3, 0.4) is 0 Å². The van der Waals surface area contributed by atoms with Crippen molar-refractivity contribution in [2.45, 2.75) is 23.6 Å². The van der Waals surface area contributed by atoms with E-state index in [9.17, 15) is 18.0 Å². The molecule has 1 aromatic carbocycles. The van der Waals surface area contributed by atoms with Gasteiger partial charge in [-0.15, -0.1) is 21.5 Å². The lowest BCUT2D eigenvalue weighted by atomic mass is 10.2. The Bertz CT molecular complexity index is 1540. The number of hydrogen-bond donors (Lipinski definition) is 1. The number of halogens is 3. The number of nitrogens with zero attached hydrogens (tertiary/aromatic N) is 6. The van der Waals surface area contributed by atoms with Gasteiger partial charge in [-0.3, -0.25) is 19.3 Å². The van der Waals surface area contributed by atoms with Crippen LogP contribution in [0.25, 0.3) is 17.1 Å².